The van der Waals surface area contributed by atoms with Crippen LogP contribution in [0.4, 0.5) is 0 Å². The van der Waals surface area contributed by atoms with Gasteiger partial charge in [-0.2, -0.15) is 0 Å². The number of hydrogen-bond donors (Lipinski definition) is 1. The van der Waals surface area contributed by atoms with Crippen LogP contribution in [-0.4, -0.2) is 41.2 Å². The molecule has 4 rings (SSSR count). The molecule has 29 heavy (non-hydrogen) atoms. The Morgan fingerprint density at radius 2 is 1.66 bits per heavy atom. The van der Waals surface area contributed by atoms with E-state index in [-0.39, 0.29) is 41.5 Å². The van der Waals surface area contributed by atoms with Crippen molar-refractivity contribution in [3.05, 3.63) is 35.9 Å². The van der Waals surface area contributed by atoms with Crippen molar-refractivity contribution in [3.63, 3.8) is 0 Å². The summed E-state index contributed by atoms with van der Waals surface area (Å²) in [7, 11) is 0. The number of hydrogen-bond acceptors (Lipinski definition) is 5. The summed E-state index contributed by atoms with van der Waals surface area (Å²) in [6.07, 6.45) is 2.91. The maximum Gasteiger partial charge on any atom is 0.329 e. The molecule has 0 aromatic heterocycles. The Morgan fingerprint density at radius 3 is 2.24 bits per heavy atom. The van der Waals surface area contributed by atoms with E-state index in [0.717, 1.165) is 29.7 Å². The van der Waals surface area contributed by atoms with Crippen molar-refractivity contribution in [3.8, 4) is 0 Å². The molecule has 2 bridgehead atoms. The third kappa shape index (κ3) is 3.43. The molecule has 2 aliphatic carbocycles. The van der Waals surface area contributed by atoms with Crippen molar-refractivity contribution < 1.29 is 23.9 Å². The lowest BCUT2D eigenvalue weighted by molar-refractivity contribution is -0.160. The van der Waals surface area contributed by atoms with Crippen LogP contribution in [-0.2, 0) is 23.9 Å². The Kier molecular flexibility index (Phi) is 5.15. The van der Waals surface area contributed by atoms with Crippen LogP contribution >= 0.6 is 0 Å². The molecular weight excluding hydrogens is 372 g/mol. The van der Waals surface area contributed by atoms with Crippen LogP contribution < -0.4 is 5.32 Å². The van der Waals surface area contributed by atoms with Gasteiger partial charge >= 0.3 is 5.97 Å². The predicted molar refractivity (Wildman–Crippen MR) is 103 cm³/mol. The number of nitrogens with one attached hydrogen (secondary N) is 1. The summed E-state index contributed by atoms with van der Waals surface area (Å²) < 4.78 is 5.11. The Labute approximate surface area is 169 Å². The van der Waals surface area contributed by atoms with Crippen LogP contribution in [0, 0.1) is 23.7 Å². The van der Waals surface area contributed by atoms with Crippen LogP contribution in [0.2, 0.25) is 0 Å². The molecule has 1 aliphatic heterocycles. The van der Waals surface area contributed by atoms with E-state index in [4.69, 9.17) is 4.74 Å². The first-order valence-electron chi connectivity index (χ1n) is 10.3. The smallest absolute Gasteiger partial charge is 0.329 e. The maximum atomic E-state index is 12.8. The molecule has 1 aromatic rings. The van der Waals surface area contributed by atoms with E-state index < -0.39 is 24.5 Å². The highest BCUT2D eigenvalue weighted by Gasteiger charge is 2.62. The van der Waals surface area contributed by atoms with Crippen molar-refractivity contribution in [1.29, 1.82) is 0 Å². The molecule has 7 nitrogen and oxygen atoms in total. The zero-order valence-electron chi connectivity index (χ0n) is 16.7. The number of nitrogens with zero attached hydrogens (tertiary/aromatic N) is 1. The van der Waals surface area contributed by atoms with Crippen LogP contribution in [0.15, 0.2) is 30.3 Å². The number of carbonyl (C=O) groups excluding carboxylic acids is 4. The molecule has 1 aromatic carbocycles. The minimum atomic E-state index is -1.01. The first kappa shape index (κ1) is 19.6. The van der Waals surface area contributed by atoms with Gasteiger partial charge in [-0.3, -0.25) is 19.3 Å². The topological polar surface area (TPSA) is 92.8 Å². The SMILES string of the molecule is C[C@H](NC(=O)COC(=O)[C@H](C)N1C(=O)[C@@H]2[C@@H]3CC[C@@H](C3)[C@@H]2C1=O)c1ccccc1. The van der Waals surface area contributed by atoms with Crippen molar-refractivity contribution in [2.24, 2.45) is 23.7 Å². The predicted octanol–water partition coefficient (Wildman–Crippen LogP) is 1.83. The normalized spacial score (nSPS) is 29.5. The summed E-state index contributed by atoms with van der Waals surface area (Å²) in [6, 6.07) is 8.20. The van der Waals surface area contributed by atoms with Crippen LogP contribution in [0.3, 0.4) is 0 Å². The van der Waals surface area contributed by atoms with Gasteiger partial charge in [0.2, 0.25) is 11.8 Å². The maximum absolute atomic E-state index is 12.8. The lowest BCUT2D eigenvalue weighted by atomic mass is 9.81. The molecular formula is C22H26N2O5. The first-order chi connectivity index (χ1) is 13.9. The molecule has 3 aliphatic rings. The molecule has 154 valence electrons. The highest BCUT2D eigenvalue weighted by molar-refractivity contribution is 6.08. The number of benzene rings is 1. The van der Waals surface area contributed by atoms with E-state index >= 15 is 0 Å². The molecule has 6 atom stereocenters. The molecule has 7 heteroatoms. The van der Waals surface area contributed by atoms with Crippen molar-refractivity contribution in [1.82, 2.24) is 10.2 Å². The largest absolute Gasteiger partial charge is 0.454 e. The highest BCUT2D eigenvalue weighted by Crippen LogP contribution is 2.56. The number of esters is 1. The summed E-state index contributed by atoms with van der Waals surface area (Å²) in [5.74, 6) is -1.69. The van der Waals surface area contributed by atoms with Gasteiger partial charge < -0.3 is 10.1 Å². The van der Waals surface area contributed by atoms with Gasteiger partial charge in [0.15, 0.2) is 6.61 Å². The molecule has 2 saturated carbocycles. The summed E-state index contributed by atoms with van der Waals surface area (Å²) >= 11 is 0. The zero-order valence-corrected chi connectivity index (χ0v) is 16.7. The summed E-state index contributed by atoms with van der Waals surface area (Å²) in [4.78, 5) is 51.2. The fourth-order valence-electron chi connectivity index (χ4n) is 5.28. The quantitative estimate of drug-likeness (QED) is 0.583. The summed E-state index contributed by atoms with van der Waals surface area (Å²) in [5.41, 5.74) is 0.940. The van der Waals surface area contributed by atoms with E-state index in [0.29, 0.717) is 0 Å². The van der Waals surface area contributed by atoms with E-state index in [2.05, 4.69) is 5.32 Å². The third-order valence-electron chi connectivity index (χ3n) is 6.71. The molecule has 0 spiro atoms. The first-order valence-corrected chi connectivity index (χ1v) is 10.3. The van der Waals surface area contributed by atoms with Gasteiger partial charge in [-0.25, -0.2) is 4.79 Å². The van der Waals surface area contributed by atoms with Crippen LogP contribution in [0.1, 0.15) is 44.7 Å². The van der Waals surface area contributed by atoms with Crippen LogP contribution in [0.5, 0.6) is 0 Å². The number of amides is 3. The number of ether oxygens (including phenoxy) is 1. The van der Waals surface area contributed by atoms with Gasteiger partial charge in [-0.15, -0.1) is 0 Å². The molecule has 1 N–H and O–H groups in total. The lowest BCUT2D eigenvalue weighted by Gasteiger charge is -2.23. The Morgan fingerprint density at radius 1 is 1.07 bits per heavy atom. The molecule has 1 heterocycles. The standard InChI is InChI=1S/C22H26N2O5/c1-12(14-6-4-3-5-7-14)23-17(25)11-29-22(28)13(2)24-20(26)18-15-8-9-16(10-15)19(18)21(24)27/h3-7,12-13,15-16,18-19H,8-11H2,1-2H3,(H,23,25)/t12-,13-,15-,16+,18-,19+/m0/s1. The van der Waals surface area contributed by atoms with E-state index in [1.54, 1.807) is 0 Å². The summed E-state index contributed by atoms with van der Waals surface area (Å²) in [6.45, 7) is 2.88. The average Bonchev–Trinajstić information content (AvgIpc) is 3.40. The van der Waals surface area contributed by atoms with Gasteiger partial charge in [-0.05, 0) is 50.5 Å². The van der Waals surface area contributed by atoms with Crippen LogP contribution in [0.25, 0.3) is 0 Å². The second-order valence-electron chi connectivity index (χ2n) is 8.41. The number of carbonyl (C=O) groups is 4. The fraction of sp³-hybridized carbons (Fsp3) is 0.545. The lowest BCUT2D eigenvalue weighted by Crippen LogP contribution is -2.46. The zero-order chi connectivity index (χ0) is 20.7. The van der Waals surface area contributed by atoms with Gasteiger partial charge in [0.05, 0.1) is 17.9 Å². The number of likely N-dealkylation sites (tertiary alicyclic amines) is 1. The number of imide groups is 1. The van der Waals surface area contributed by atoms with Crippen molar-refractivity contribution >= 4 is 23.7 Å². The average molecular weight is 398 g/mol. The fourth-order valence-corrected chi connectivity index (χ4v) is 5.28. The Balaban J connectivity index is 1.31. The summed E-state index contributed by atoms with van der Waals surface area (Å²) in [5, 5.41) is 2.77. The Bertz CT molecular complexity index is 811. The van der Waals surface area contributed by atoms with E-state index in [1.807, 2.05) is 37.3 Å². The van der Waals surface area contributed by atoms with E-state index in [9.17, 15) is 19.2 Å². The van der Waals surface area contributed by atoms with Gasteiger partial charge in [-0.1, -0.05) is 30.3 Å². The Hall–Kier alpha value is -2.70. The highest BCUT2D eigenvalue weighted by atomic mass is 16.5. The molecule has 1 saturated heterocycles. The minimum absolute atomic E-state index is 0.226. The molecule has 3 amide bonds. The van der Waals surface area contributed by atoms with Gasteiger partial charge in [0.25, 0.3) is 5.91 Å². The molecule has 0 radical (unpaired) electrons. The molecule has 3 fully saturated rings. The number of rotatable bonds is 6. The second-order valence-corrected chi connectivity index (χ2v) is 8.41. The molecule has 0 unspecified atom stereocenters. The van der Waals surface area contributed by atoms with Gasteiger partial charge in [0.1, 0.15) is 6.04 Å². The van der Waals surface area contributed by atoms with Gasteiger partial charge in [0, 0.05) is 0 Å². The third-order valence-corrected chi connectivity index (χ3v) is 6.71. The van der Waals surface area contributed by atoms with Crippen molar-refractivity contribution in [2.75, 3.05) is 6.61 Å². The second kappa shape index (κ2) is 7.61. The van der Waals surface area contributed by atoms with Crippen molar-refractivity contribution in [2.45, 2.75) is 45.2 Å². The number of fused-ring (bicyclic) bond motifs is 5. The van der Waals surface area contributed by atoms with E-state index in [1.165, 1.54) is 6.92 Å². The monoisotopic (exact) mass is 398 g/mol. The minimum Gasteiger partial charge on any atom is -0.454 e.